The summed E-state index contributed by atoms with van der Waals surface area (Å²) < 4.78 is 5.61. The van der Waals surface area contributed by atoms with Crippen LogP contribution in [0, 0.1) is 0 Å². The summed E-state index contributed by atoms with van der Waals surface area (Å²) in [5, 5.41) is 9.72. The van der Waals surface area contributed by atoms with Gasteiger partial charge in [0.1, 0.15) is 5.75 Å². The van der Waals surface area contributed by atoms with Gasteiger partial charge in [-0.1, -0.05) is 49.9 Å². The van der Waals surface area contributed by atoms with Gasteiger partial charge in [0, 0.05) is 5.56 Å². The summed E-state index contributed by atoms with van der Waals surface area (Å²) in [6.07, 6.45) is 4.66. The third-order valence-corrected chi connectivity index (χ3v) is 2.76. The standard InChI is InChI=1S/C13H19ClO2/c1-2-3-4-5-9-16-13-11(10-15)7-6-8-12(13)14/h6-8,15H,2-5,9-10H2,1H3. The quantitative estimate of drug-likeness (QED) is 0.738. The summed E-state index contributed by atoms with van der Waals surface area (Å²) in [6, 6.07) is 5.42. The first kappa shape index (κ1) is 13.3. The smallest absolute Gasteiger partial charge is 0.143 e. The molecule has 0 spiro atoms. The van der Waals surface area contributed by atoms with Crippen LogP contribution in [-0.2, 0) is 6.61 Å². The number of aliphatic hydroxyl groups is 1. The fourth-order valence-corrected chi connectivity index (χ4v) is 1.79. The maximum Gasteiger partial charge on any atom is 0.143 e. The molecule has 2 nitrogen and oxygen atoms in total. The van der Waals surface area contributed by atoms with Gasteiger partial charge in [-0.05, 0) is 12.5 Å². The molecule has 1 N–H and O–H groups in total. The van der Waals surface area contributed by atoms with Crippen molar-refractivity contribution in [2.45, 2.75) is 39.2 Å². The second kappa shape index (κ2) is 7.53. The molecule has 0 aliphatic rings. The number of ether oxygens (including phenoxy) is 1. The van der Waals surface area contributed by atoms with E-state index in [0.717, 1.165) is 12.0 Å². The number of aliphatic hydroxyl groups excluding tert-OH is 1. The summed E-state index contributed by atoms with van der Waals surface area (Å²) in [6.45, 7) is 2.81. The molecule has 0 aliphatic heterocycles. The SMILES string of the molecule is CCCCCCOc1c(Cl)cccc1CO. The summed E-state index contributed by atoms with van der Waals surface area (Å²) >= 11 is 6.01. The second-order valence-electron chi connectivity index (χ2n) is 3.80. The zero-order chi connectivity index (χ0) is 11.8. The van der Waals surface area contributed by atoms with Gasteiger partial charge in [0.2, 0.25) is 0 Å². The summed E-state index contributed by atoms with van der Waals surface area (Å²) in [4.78, 5) is 0. The predicted molar refractivity (Wildman–Crippen MR) is 67.0 cm³/mol. The van der Waals surface area contributed by atoms with Gasteiger partial charge in [-0.25, -0.2) is 0 Å². The minimum atomic E-state index is -0.0369. The molecule has 0 radical (unpaired) electrons. The van der Waals surface area contributed by atoms with Gasteiger partial charge in [0.15, 0.2) is 0 Å². The van der Waals surface area contributed by atoms with E-state index in [2.05, 4.69) is 6.92 Å². The van der Waals surface area contributed by atoms with E-state index in [4.69, 9.17) is 21.4 Å². The first-order chi connectivity index (χ1) is 7.79. The zero-order valence-electron chi connectivity index (χ0n) is 9.71. The van der Waals surface area contributed by atoms with E-state index in [1.807, 2.05) is 12.1 Å². The van der Waals surface area contributed by atoms with E-state index >= 15 is 0 Å². The molecule has 1 aromatic rings. The molecule has 0 atom stereocenters. The Hall–Kier alpha value is -0.730. The van der Waals surface area contributed by atoms with Crippen LogP contribution in [0.5, 0.6) is 5.75 Å². The maximum absolute atomic E-state index is 9.14. The lowest BCUT2D eigenvalue weighted by atomic mass is 10.2. The van der Waals surface area contributed by atoms with E-state index in [-0.39, 0.29) is 6.61 Å². The summed E-state index contributed by atoms with van der Waals surface area (Å²) in [5.41, 5.74) is 0.753. The van der Waals surface area contributed by atoms with Crippen LogP contribution in [0.25, 0.3) is 0 Å². The minimum Gasteiger partial charge on any atom is -0.492 e. The molecule has 3 heteroatoms. The average Bonchev–Trinajstić information content (AvgIpc) is 2.30. The Balaban J connectivity index is 2.46. The Morgan fingerprint density at radius 2 is 2.06 bits per heavy atom. The molecule has 0 saturated carbocycles. The van der Waals surface area contributed by atoms with Crippen molar-refractivity contribution < 1.29 is 9.84 Å². The molecular formula is C13H19ClO2. The average molecular weight is 243 g/mol. The van der Waals surface area contributed by atoms with Crippen LogP contribution in [0.2, 0.25) is 5.02 Å². The van der Waals surface area contributed by atoms with Crippen molar-refractivity contribution in [3.8, 4) is 5.75 Å². The lowest BCUT2D eigenvalue weighted by molar-refractivity contribution is 0.260. The fourth-order valence-electron chi connectivity index (χ4n) is 1.54. The van der Waals surface area contributed by atoms with E-state index in [9.17, 15) is 0 Å². The highest BCUT2D eigenvalue weighted by atomic mass is 35.5. The Morgan fingerprint density at radius 1 is 1.25 bits per heavy atom. The highest BCUT2D eigenvalue weighted by Gasteiger charge is 2.06. The van der Waals surface area contributed by atoms with Gasteiger partial charge in [0.25, 0.3) is 0 Å². The van der Waals surface area contributed by atoms with Gasteiger partial charge in [-0.2, -0.15) is 0 Å². The molecule has 90 valence electrons. The molecule has 0 aliphatic carbocycles. The predicted octanol–water partition coefficient (Wildman–Crippen LogP) is 3.79. The molecule has 0 amide bonds. The van der Waals surface area contributed by atoms with E-state index < -0.39 is 0 Å². The Morgan fingerprint density at radius 3 is 2.75 bits per heavy atom. The van der Waals surface area contributed by atoms with Crippen LogP contribution in [-0.4, -0.2) is 11.7 Å². The minimum absolute atomic E-state index is 0.0369. The second-order valence-corrected chi connectivity index (χ2v) is 4.20. The van der Waals surface area contributed by atoms with Crippen LogP contribution in [0.15, 0.2) is 18.2 Å². The number of halogens is 1. The molecule has 0 unspecified atom stereocenters. The normalized spacial score (nSPS) is 10.4. The Kier molecular flexibility index (Phi) is 6.27. The van der Waals surface area contributed by atoms with Crippen molar-refractivity contribution in [3.05, 3.63) is 28.8 Å². The number of hydrogen-bond donors (Lipinski definition) is 1. The zero-order valence-corrected chi connectivity index (χ0v) is 10.5. The first-order valence-electron chi connectivity index (χ1n) is 5.80. The number of unbranched alkanes of at least 4 members (excludes halogenated alkanes) is 3. The molecule has 0 saturated heterocycles. The highest BCUT2D eigenvalue weighted by molar-refractivity contribution is 6.32. The van der Waals surface area contributed by atoms with Gasteiger partial charge in [-0.3, -0.25) is 0 Å². The molecule has 0 bridgehead atoms. The van der Waals surface area contributed by atoms with Crippen LogP contribution >= 0.6 is 11.6 Å². The molecule has 0 aromatic heterocycles. The number of rotatable bonds is 7. The van der Waals surface area contributed by atoms with Crippen molar-refractivity contribution >= 4 is 11.6 Å². The third-order valence-electron chi connectivity index (χ3n) is 2.46. The van der Waals surface area contributed by atoms with Gasteiger partial charge >= 0.3 is 0 Å². The van der Waals surface area contributed by atoms with E-state index in [1.54, 1.807) is 6.07 Å². The van der Waals surface area contributed by atoms with Crippen LogP contribution in [0.4, 0.5) is 0 Å². The largest absolute Gasteiger partial charge is 0.492 e. The third kappa shape index (κ3) is 4.03. The van der Waals surface area contributed by atoms with Gasteiger partial charge in [0.05, 0.1) is 18.2 Å². The van der Waals surface area contributed by atoms with E-state index in [0.29, 0.717) is 17.4 Å². The fraction of sp³-hybridized carbons (Fsp3) is 0.538. The van der Waals surface area contributed by atoms with Crippen LogP contribution in [0.3, 0.4) is 0 Å². The number of para-hydroxylation sites is 1. The Bertz CT molecular complexity index is 313. The number of benzene rings is 1. The molecule has 0 fully saturated rings. The molecule has 1 aromatic carbocycles. The molecule has 1 rings (SSSR count). The molecule has 0 heterocycles. The number of hydrogen-bond acceptors (Lipinski definition) is 2. The monoisotopic (exact) mass is 242 g/mol. The van der Waals surface area contributed by atoms with E-state index in [1.165, 1.54) is 19.3 Å². The maximum atomic E-state index is 9.14. The topological polar surface area (TPSA) is 29.5 Å². The summed E-state index contributed by atoms with van der Waals surface area (Å²) in [5.74, 6) is 0.628. The van der Waals surface area contributed by atoms with Crippen molar-refractivity contribution in [2.75, 3.05) is 6.61 Å². The van der Waals surface area contributed by atoms with Crippen LogP contribution < -0.4 is 4.74 Å². The lowest BCUT2D eigenvalue weighted by Crippen LogP contribution is -2.01. The highest BCUT2D eigenvalue weighted by Crippen LogP contribution is 2.28. The van der Waals surface area contributed by atoms with Crippen LogP contribution in [0.1, 0.15) is 38.2 Å². The van der Waals surface area contributed by atoms with Crippen molar-refractivity contribution in [2.24, 2.45) is 0 Å². The molecular weight excluding hydrogens is 224 g/mol. The molecule has 16 heavy (non-hydrogen) atoms. The van der Waals surface area contributed by atoms with Gasteiger partial charge < -0.3 is 9.84 Å². The lowest BCUT2D eigenvalue weighted by Gasteiger charge is -2.11. The Labute approximate surface area is 102 Å². The van der Waals surface area contributed by atoms with Crippen molar-refractivity contribution in [3.63, 3.8) is 0 Å². The first-order valence-corrected chi connectivity index (χ1v) is 6.18. The van der Waals surface area contributed by atoms with Crippen molar-refractivity contribution in [1.82, 2.24) is 0 Å². The van der Waals surface area contributed by atoms with Crippen molar-refractivity contribution in [1.29, 1.82) is 0 Å². The van der Waals surface area contributed by atoms with Gasteiger partial charge in [-0.15, -0.1) is 0 Å². The summed E-state index contributed by atoms with van der Waals surface area (Å²) in [7, 11) is 0.